The van der Waals surface area contributed by atoms with Gasteiger partial charge in [-0.15, -0.1) is 0 Å². The Morgan fingerprint density at radius 3 is 0.775 bits per heavy atom. The summed E-state index contributed by atoms with van der Waals surface area (Å²) in [6.45, 7) is 0. The fourth-order valence-electron chi connectivity index (χ4n) is 4.92. The SMILES string of the molecule is COc1cc(OC)c(C(C(=O)[PH3+])(c2c(OC)cc(OC)cc2OC)c2c(OC)cc(OC)cc2OC)c(OC)c1. The van der Waals surface area contributed by atoms with Gasteiger partial charge in [0.1, 0.15) is 51.7 Å². The molecule has 0 aromatic heterocycles. The van der Waals surface area contributed by atoms with Gasteiger partial charge in [-0.05, 0) is 0 Å². The first-order valence-electron chi connectivity index (χ1n) is 12.0. The van der Waals surface area contributed by atoms with Gasteiger partial charge in [-0.2, -0.15) is 0 Å². The van der Waals surface area contributed by atoms with Crippen LogP contribution in [0.2, 0.25) is 0 Å². The first-order chi connectivity index (χ1) is 19.2. The summed E-state index contributed by atoms with van der Waals surface area (Å²) in [6.07, 6.45) is 0. The molecule has 3 aromatic rings. The van der Waals surface area contributed by atoms with Crippen LogP contribution >= 0.6 is 9.24 Å². The van der Waals surface area contributed by atoms with Crippen LogP contribution in [0.25, 0.3) is 0 Å². The molecule has 1 atom stereocenters. The number of benzene rings is 3. The molecule has 0 aliphatic heterocycles. The molecule has 1 unspecified atom stereocenters. The highest BCUT2D eigenvalue weighted by atomic mass is 31.0. The van der Waals surface area contributed by atoms with Crippen LogP contribution in [0.5, 0.6) is 51.7 Å². The minimum Gasteiger partial charge on any atom is -0.496 e. The average molecular weight is 576 g/mol. The number of hydrogen-bond acceptors (Lipinski definition) is 10. The summed E-state index contributed by atoms with van der Waals surface area (Å²) in [5.41, 5.74) is -1.02. The predicted octanol–water partition coefficient (Wildman–Crippen LogP) is 4.23. The maximum Gasteiger partial charge on any atom is 0.280 e. The zero-order valence-electron chi connectivity index (χ0n) is 24.3. The molecule has 0 aliphatic rings. The van der Waals surface area contributed by atoms with E-state index in [1.54, 1.807) is 36.4 Å². The highest BCUT2D eigenvalue weighted by molar-refractivity contribution is 7.40. The lowest BCUT2D eigenvalue weighted by Crippen LogP contribution is -2.38. The molecule has 40 heavy (non-hydrogen) atoms. The van der Waals surface area contributed by atoms with Crippen LogP contribution in [0.1, 0.15) is 16.7 Å². The molecule has 216 valence electrons. The molecule has 11 heteroatoms. The normalized spacial score (nSPS) is 10.9. The van der Waals surface area contributed by atoms with Crippen molar-refractivity contribution in [2.75, 3.05) is 64.0 Å². The van der Waals surface area contributed by atoms with Gasteiger partial charge in [0.15, 0.2) is 5.41 Å². The fourth-order valence-corrected chi connectivity index (χ4v) is 5.45. The lowest BCUT2D eigenvalue weighted by atomic mass is 9.67. The predicted molar refractivity (Wildman–Crippen MR) is 154 cm³/mol. The van der Waals surface area contributed by atoms with Gasteiger partial charge in [0.05, 0.1) is 80.7 Å². The summed E-state index contributed by atoms with van der Waals surface area (Å²) in [6, 6.07) is 10.0. The molecular weight excluding hydrogens is 539 g/mol. The molecule has 0 aliphatic carbocycles. The van der Waals surface area contributed by atoms with Crippen LogP contribution in [-0.2, 0) is 10.2 Å². The second-order valence-corrected chi connectivity index (χ2v) is 9.04. The van der Waals surface area contributed by atoms with Gasteiger partial charge in [-0.1, -0.05) is 0 Å². The number of rotatable bonds is 13. The Labute approximate surface area is 236 Å². The van der Waals surface area contributed by atoms with E-state index in [0.29, 0.717) is 68.4 Å². The van der Waals surface area contributed by atoms with E-state index in [2.05, 4.69) is 0 Å². The smallest absolute Gasteiger partial charge is 0.280 e. The number of carbonyl (C=O) groups excluding carboxylic acids is 1. The van der Waals surface area contributed by atoms with Crippen LogP contribution in [0, 0.1) is 0 Å². The topological polar surface area (TPSA) is 100 Å². The highest BCUT2D eigenvalue weighted by Gasteiger charge is 2.56. The van der Waals surface area contributed by atoms with Crippen molar-refractivity contribution in [1.82, 2.24) is 0 Å². The van der Waals surface area contributed by atoms with E-state index in [1.807, 2.05) is 0 Å². The zero-order valence-corrected chi connectivity index (χ0v) is 25.7. The summed E-state index contributed by atoms with van der Waals surface area (Å²) in [7, 11) is 14.7. The molecule has 0 saturated carbocycles. The first-order valence-corrected chi connectivity index (χ1v) is 12.7. The lowest BCUT2D eigenvalue weighted by Gasteiger charge is -2.36. The number of carbonyl (C=O) groups is 1. The Morgan fingerprint density at radius 1 is 0.450 bits per heavy atom. The van der Waals surface area contributed by atoms with Crippen molar-refractivity contribution in [2.45, 2.75) is 5.41 Å². The van der Waals surface area contributed by atoms with Crippen LogP contribution in [-0.4, -0.2) is 69.5 Å². The maximum atomic E-state index is 14.5. The quantitative estimate of drug-likeness (QED) is 0.217. The van der Waals surface area contributed by atoms with E-state index in [-0.39, 0.29) is 5.52 Å². The molecule has 0 N–H and O–H groups in total. The van der Waals surface area contributed by atoms with Gasteiger partial charge in [0.25, 0.3) is 5.52 Å². The van der Waals surface area contributed by atoms with E-state index in [9.17, 15) is 4.79 Å². The third-order valence-electron chi connectivity index (χ3n) is 6.69. The average Bonchev–Trinajstić information content (AvgIpc) is 3.00. The number of methoxy groups -OCH3 is 9. The summed E-state index contributed by atoms with van der Waals surface area (Å²) in [4.78, 5) is 14.5. The molecule has 0 heterocycles. The van der Waals surface area contributed by atoms with Crippen molar-refractivity contribution in [1.29, 1.82) is 0 Å². The third kappa shape index (κ3) is 4.99. The van der Waals surface area contributed by atoms with Gasteiger partial charge < -0.3 is 42.6 Å². The minimum absolute atomic E-state index is 0.302. The summed E-state index contributed by atoms with van der Waals surface area (Å²) in [5, 5.41) is 0. The monoisotopic (exact) mass is 575 g/mol. The molecule has 3 rings (SSSR count). The molecule has 0 fully saturated rings. The van der Waals surface area contributed by atoms with Crippen molar-refractivity contribution in [3.8, 4) is 51.7 Å². The molecular formula is C29H36O10P+. The van der Waals surface area contributed by atoms with Gasteiger partial charge in [0.2, 0.25) is 0 Å². The molecule has 0 radical (unpaired) electrons. The molecule has 0 saturated heterocycles. The van der Waals surface area contributed by atoms with Crippen molar-refractivity contribution >= 4 is 14.8 Å². The first kappa shape index (κ1) is 30.5. The Bertz CT molecular complexity index is 1140. The number of hydrogen-bond donors (Lipinski definition) is 0. The largest absolute Gasteiger partial charge is 0.496 e. The molecule has 3 aromatic carbocycles. The Balaban J connectivity index is 2.82. The van der Waals surface area contributed by atoms with Crippen molar-refractivity contribution in [3.63, 3.8) is 0 Å². The Hall–Kier alpha value is -4.04. The number of ether oxygens (including phenoxy) is 9. The minimum atomic E-state index is -1.74. The van der Waals surface area contributed by atoms with Crippen LogP contribution in [0.4, 0.5) is 0 Å². The van der Waals surface area contributed by atoms with Crippen LogP contribution in [0.15, 0.2) is 36.4 Å². The summed E-state index contributed by atoms with van der Waals surface area (Å²) >= 11 is 0. The van der Waals surface area contributed by atoms with Crippen molar-refractivity contribution in [3.05, 3.63) is 53.1 Å². The standard InChI is InChI=1S/C29H35O10P/c1-31-16-10-19(34-4)25(20(11-16)35-5)29(28(30)40,26-21(36-6)12-17(32-2)13-22(26)37-7)27-23(38-8)14-18(33-3)15-24(27)39-9/h10-15H,40H2,1-9H3/p+1. The van der Waals surface area contributed by atoms with Gasteiger partial charge in [0, 0.05) is 45.6 Å². The molecule has 0 spiro atoms. The van der Waals surface area contributed by atoms with Crippen molar-refractivity contribution < 1.29 is 47.4 Å². The van der Waals surface area contributed by atoms with E-state index in [1.165, 1.54) is 73.2 Å². The second-order valence-electron chi connectivity index (χ2n) is 8.39. The summed E-state index contributed by atoms with van der Waals surface area (Å²) < 4.78 is 51.9. The van der Waals surface area contributed by atoms with Crippen molar-refractivity contribution in [2.24, 2.45) is 0 Å². The van der Waals surface area contributed by atoms with Gasteiger partial charge in [-0.25, -0.2) is 0 Å². The Morgan fingerprint density at radius 2 is 0.650 bits per heavy atom. The van der Waals surface area contributed by atoms with Crippen LogP contribution < -0.4 is 42.6 Å². The third-order valence-corrected chi connectivity index (χ3v) is 7.22. The highest BCUT2D eigenvalue weighted by Crippen LogP contribution is 2.60. The Kier molecular flexibility index (Phi) is 9.82. The second kappa shape index (κ2) is 12.9. The van der Waals surface area contributed by atoms with E-state index < -0.39 is 5.41 Å². The van der Waals surface area contributed by atoms with E-state index in [0.717, 1.165) is 0 Å². The zero-order chi connectivity index (χ0) is 29.6. The van der Waals surface area contributed by atoms with Crippen LogP contribution in [0.3, 0.4) is 0 Å². The van der Waals surface area contributed by atoms with Gasteiger partial charge >= 0.3 is 0 Å². The molecule has 10 nitrogen and oxygen atoms in total. The fraction of sp³-hybridized carbons (Fsp3) is 0.345. The van der Waals surface area contributed by atoms with E-state index >= 15 is 0 Å². The maximum absolute atomic E-state index is 14.5. The summed E-state index contributed by atoms with van der Waals surface area (Å²) in [5.74, 6) is 3.19. The molecule has 0 amide bonds. The lowest BCUT2D eigenvalue weighted by molar-refractivity contribution is -0.114. The molecule has 0 bridgehead atoms. The van der Waals surface area contributed by atoms with E-state index in [4.69, 9.17) is 42.6 Å². The van der Waals surface area contributed by atoms with Gasteiger partial charge in [-0.3, -0.25) is 4.79 Å².